The molecule has 0 spiro atoms. The summed E-state index contributed by atoms with van der Waals surface area (Å²) >= 11 is 0. The summed E-state index contributed by atoms with van der Waals surface area (Å²) in [4.78, 5) is 30.0. The van der Waals surface area contributed by atoms with Gasteiger partial charge in [-0.2, -0.15) is 4.98 Å². The van der Waals surface area contributed by atoms with Crippen LogP contribution in [0.5, 0.6) is 0 Å². The fourth-order valence-corrected chi connectivity index (χ4v) is 2.43. The molecule has 0 aliphatic rings. The van der Waals surface area contributed by atoms with Crippen molar-refractivity contribution in [2.75, 3.05) is 0 Å². The highest BCUT2D eigenvalue weighted by atomic mass is 16.2. The molecule has 0 amide bonds. The number of aryl methyl sites for hydroxylation is 1. The summed E-state index contributed by atoms with van der Waals surface area (Å²) in [5.74, 6) is 0.463. The van der Waals surface area contributed by atoms with E-state index in [1.54, 1.807) is 0 Å². The van der Waals surface area contributed by atoms with E-state index in [2.05, 4.69) is 9.97 Å². The third-order valence-electron chi connectivity index (χ3n) is 3.67. The van der Waals surface area contributed by atoms with Gasteiger partial charge in [-0.3, -0.25) is 9.55 Å². The van der Waals surface area contributed by atoms with Gasteiger partial charge in [-0.25, -0.2) is 9.59 Å². The van der Waals surface area contributed by atoms with Gasteiger partial charge < -0.3 is 0 Å². The van der Waals surface area contributed by atoms with Crippen LogP contribution < -0.4 is 11.4 Å². The molecular weight excluding hydrogens is 290 g/mol. The predicted molar refractivity (Wildman–Crippen MR) is 88.6 cm³/mol. The molecule has 23 heavy (non-hydrogen) atoms. The van der Waals surface area contributed by atoms with Gasteiger partial charge in [0.2, 0.25) is 0 Å². The quantitative estimate of drug-likeness (QED) is 0.800. The normalized spacial score (nSPS) is 10.7. The molecule has 0 aliphatic heterocycles. The van der Waals surface area contributed by atoms with E-state index in [4.69, 9.17) is 0 Å². The Bertz CT molecular complexity index is 909. The monoisotopic (exact) mass is 307 g/mol. The maximum absolute atomic E-state index is 12.2. The fourth-order valence-electron chi connectivity index (χ4n) is 2.43. The van der Waals surface area contributed by atoms with Crippen LogP contribution in [-0.2, 0) is 13.0 Å². The number of rotatable bonds is 4. The Hall–Kier alpha value is -2.95. The van der Waals surface area contributed by atoms with Crippen LogP contribution in [0.15, 0.2) is 64.2 Å². The zero-order chi connectivity index (χ0) is 16.2. The first-order valence-electron chi connectivity index (χ1n) is 7.41. The van der Waals surface area contributed by atoms with E-state index < -0.39 is 11.4 Å². The van der Waals surface area contributed by atoms with Gasteiger partial charge in [0, 0.05) is 6.42 Å². The van der Waals surface area contributed by atoms with E-state index in [0.29, 0.717) is 18.8 Å². The summed E-state index contributed by atoms with van der Waals surface area (Å²) < 4.78 is 1.51. The van der Waals surface area contributed by atoms with Gasteiger partial charge in [0.25, 0.3) is 0 Å². The first kappa shape index (κ1) is 15.0. The molecule has 0 saturated heterocycles. The zero-order valence-electron chi connectivity index (χ0n) is 12.8. The summed E-state index contributed by atoms with van der Waals surface area (Å²) in [6.45, 7) is 2.39. The summed E-state index contributed by atoms with van der Waals surface area (Å²) in [6, 6.07) is 17.6. The molecular formula is C18H17N3O2. The van der Waals surface area contributed by atoms with Crippen LogP contribution >= 0.6 is 0 Å². The van der Waals surface area contributed by atoms with Crippen LogP contribution in [0.4, 0.5) is 0 Å². The Kier molecular flexibility index (Phi) is 4.19. The Morgan fingerprint density at radius 3 is 2.35 bits per heavy atom. The summed E-state index contributed by atoms with van der Waals surface area (Å²) in [7, 11) is 0. The topological polar surface area (TPSA) is 67.8 Å². The second-order valence-corrected chi connectivity index (χ2v) is 5.50. The maximum Gasteiger partial charge on any atom is 0.350 e. The Balaban J connectivity index is 1.99. The molecule has 0 atom stereocenters. The van der Waals surface area contributed by atoms with Crippen LogP contribution in [0, 0.1) is 6.92 Å². The van der Waals surface area contributed by atoms with E-state index in [-0.39, 0.29) is 0 Å². The molecule has 3 rings (SSSR count). The molecule has 116 valence electrons. The smallest absolute Gasteiger partial charge is 0.277 e. The van der Waals surface area contributed by atoms with Crippen LogP contribution in [0.3, 0.4) is 0 Å². The third-order valence-corrected chi connectivity index (χ3v) is 3.67. The zero-order valence-corrected chi connectivity index (χ0v) is 12.8. The van der Waals surface area contributed by atoms with Crippen molar-refractivity contribution >= 4 is 0 Å². The maximum atomic E-state index is 12.2. The number of benzene rings is 2. The van der Waals surface area contributed by atoms with Crippen molar-refractivity contribution in [3.63, 3.8) is 0 Å². The summed E-state index contributed by atoms with van der Waals surface area (Å²) in [5.41, 5.74) is 2.10. The van der Waals surface area contributed by atoms with Crippen molar-refractivity contribution in [2.45, 2.75) is 19.9 Å². The molecule has 1 N–H and O–H groups in total. The lowest BCUT2D eigenvalue weighted by molar-refractivity contribution is 0.639. The minimum absolute atomic E-state index is 0.380. The molecule has 2 aromatic carbocycles. The van der Waals surface area contributed by atoms with E-state index >= 15 is 0 Å². The van der Waals surface area contributed by atoms with E-state index in [0.717, 1.165) is 16.7 Å². The summed E-state index contributed by atoms with van der Waals surface area (Å²) in [5, 5.41) is 0. The largest absolute Gasteiger partial charge is 0.350 e. The summed E-state index contributed by atoms with van der Waals surface area (Å²) in [6.07, 6.45) is 0.436. The van der Waals surface area contributed by atoms with Crippen LogP contribution in [0.2, 0.25) is 0 Å². The first-order chi connectivity index (χ1) is 11.1. The van der Waals surface area contributed by atoms with Gasteiger partial charge in [0.05, 0.1) is 6.54 Å². The molecule has 0 fully saturated rings. The third kappa shape index (κ3) is 3.63. The van der Waals surface area contributed by atoms with E-state index in [1.807, 2.05) is 61.5 Å². The SMILES string of the molecule is Cc1ccc(Cn2c(Cc3ccccc3)nc(=O)[nH]c2=O)cc1. The molecule has 0 bridgehead atoms. The second-order valence-electron chi connectivity index (χ2n) is 5.50. The Labute approximate surface area is 133 Å². The average molecular weight is 307 g/mol. The van der Waals surface area contributed by atoms with E-state index in [1.165, 1.54) is 4.57 Å². The van der Waals surface area contributed by atoms with E-state index in [9.17, 15) is 9.59 Å². The standard InChI is InChI=1S/C18H17N3O2/c1-13-7-9-15(10-8-13)12-21-16(19-17(22)20-18(21)23)11-14-5-3-2-4-6-14/h2-10H,11-12H2,1H3,(H,20,22,23). The molecule has 1 aromatic heterocycles. The molecule has 5 nitrogen and oxygen atoms in total. The molecule has 0 unspecified atom stereocenters. The molecule has 3 aromatic rings. The van der Waals surface area contributed by atoms with Crippen molar-refractivity contribution in [1.29, 1.82) is 0 Å². The Morgan fingerprint density at radius 1 is 0.957 bits per heavy atom. The highest BCUT2D eigenvalue weighted by Crippen LogP contribution is 2.08. The lowest BCUT2D eigenvalue weighted by Gasteiger charge is -2.11. The van der Waals surface area contributed by atoms with Crippen molar-refractivity contribution in [3.05, 3.63) is 98.1 Å². The van der Waals surface area contributed by atoms with Crippen molar-refractivity contribution in [2.24, 2.45) is 0 Å². The van der Waals surface area contributed by atoms with Crippen LogP contribution in [0.1, 0.15) is 22.5 Å². The van der Waals surface area contributed by atoms with Gasteiger partial charge >= 0.3 is 11.4 Å². The van der Waals surface area contributed by atoms with Gasteiger partial charge in [0.1, 0.15) is 5.82 Å². The fraction of sp³-hybridized carbons (Fsp3) is 0.167. The number of aromatic amines is 1. The number of nitrogens with one attached hydrogen (secondary N) is 1. The molecule has 5 heteroatoms. The second kappa shape index (κ2) is 6.44. The van der Waals surface area contributed by atoms with Crippen molar-refractivity contribution in [1.82, 2.24) is 14.5 Å². The number of hydrogen-bond donors (Lipinski definition) is 1. The lowest BCUT2D eigenvalue weighted by Crippen LogP contribution is -2.35. The number of nitrogens with zero attached hydrogens (tertiary/aromatic N) is 2. The molecule has 0 saturated carbocycles. The predicted octanol–water partition coefficient (Wildman–Crippen LogP) is 1.88. The minimum atomic E-state index is -0.610. The van der Waals surface area contributed by atoms with Crippen LogP contribution in [-0.4, -0.2) is 14.5 Å². The lowest BCUT2D eigenvalue weighted by atomic mass is 10.1. The van der Waals surface area contributed by atoms with Gasteiger partial charge in [0.15, 0.2) is 0 Å². The number of H-pyrrole nitrogens is 1. The van der Waals surface area contributed by atoms with Crippen molar-refractivity contribution in [3.8, 4) is 0 Å². The molecule has 0 radical (unpaired) electrons. The minimum Gasteiger partial charge on any atom is -0.277 e. The van der Waals surface area contributed by atoms with Gasteiger partial charge in [-0.15, -0.1) is 0 Å². The Morgan fingerprint density at radius 2 is 1.65 bits per heavy atom. The van der Waals surface area contributed by atoms with Crippen LogP contribution in [0.25, 0.3) is 0 Å². The highest BCUT2D eigenvalue weighted by molar-refractivity contribution is 5.23. The highest BCUT2D eigenvalue weighted by Gasteiger charge is 2.09. The van der Waals surface area contributed by atoms with Gasteiger partial charge in [-0.1, -0.05) is 60.2 Å². The van der Waals surface area contributed by atoms with Crippen molar-refractivity contribution < 1.29 is 0 Å². The molecule has 1 heterocycles. The first-order valence-corrected chi connectivity index (χ1v) is 7.41. The number of aromatic nitrogens is 3. The average Bonchev–Trinajstić information content (AvgIpc) is 2.53. The number of hydrogen-bond acceptors (Lipinski definition) is 3. The molecule has 0 aliphatic carbocycles. The van der Waals surface area contributed by atoms with Gasteiger partial charge in [-0.05, 0) is 18.1 Å².